The minimum Gasteiger partial charge on any atom is -0.481 e. The number of tetrazole rings is 1. The van der Waals surface area contributed by atoms with Crippen molar-refractivity contribution in [1.82, 2.24) is 20.2 Å². The molecule has 1 amide bonds. The van der Waals surface area contributed by atoms with Gasteiger partial charge in [-0.1, -0.05) is 11.6 Å². The second-order valence-corrected chi connectivity index (χ2v) is 4.52. The summed E-state index contributed by atoms with van der Waals surface area (Å²) < 4.78 is 1.38. The number of carbonyl (C=O) groups is 2. The van der Waals surface area contributed by atoms with E-state index in [0.29, 0.717) is 5.69 Å². The number of aromatic nitrogens is 4. The second kappa shape index (κ2) is 6.29. The first-order valence-electron chi connectivity index (χ1n) is 5.78. The number of benzene rings is 1. The first-order valence-corrected chi connectivity index (χ1v) is 6.16. The molecule has 9 nitrogen and oxygen atoms in total. The van der Waals surface area contributed by atoms with Crippen LogP contribution in [-0.4, -0.2) is 43.2 Å². The van der Waals surface area contributed by atoms with Gasteiger partial charge in [-0.3, -0.25) is 9.59 Å². The standard InChI is InChI=1S/C11H11ClN6O3/c12-7-2-1-6(18-5-14-16-17-18)3-9(7)15-11(21)8(13)4-10(19)20/h1-3,5,8H,4,13H2,(H,15,21)(H,19,20). The van der Waals surface area contributed by atoms with Crippen LogP contribution in [0.15, 0.2) is 24.5 Å². The van der Waals surface area contributed by atoms with Gasteiger partial charge in [0.15, 0.2) is 0 Å². The van der Waals surface area contributed by atoms with E-state index in [9.17, 15) is 9.59 Å². The molecular formula is C11H11ClN6O3. The quantitative estimate of drug-likeness (QED) is 0.710. The van der Waals surface area contributed by atoms with Gasteiger partial charge in [-0.2, -0.15) is 0 Å². The van der Waals surface area contributed by atoms with E-state index in [1.165, 1.54) is 11.0 Å². The van der Waals surface area contributed by atoms with E-state index in [0.717, 1.165) is 0 Å². The van der Waals surface area contributed by atoms with Gasteiger partial charge in [-0.25, -0.2) is 4.68 Å². The van der Waals surface area contributed by atoms with Gasteiger partial charge in [0.1, 0.15) is 6.33 Å². The van der Waals surface area contributed by atoms with Crippen molar-refractivity contribution in [3.63, 3.8) is 0 Å². The number of hydrogen-bond donors (Lipinski definition) is 3. The molecule has 110 valence electrons. The number of carboxylic acid groups (broad SMARTS) is 1. The predicted octanol–water partition coefficient (Wildman–Crippen LogP) is 0.0562. The van der Waals surface area contributed by atoms with Crippen LogP contribution in [0.5, 0.6) is 0 Å². The van der Waals surface area contributed by atoms with Gasteiger partial charge < -0.3 is 16.2 Å². The Balaban J connectivity index is 2.18. The Kier molecular flexibility index (Phi) is 4.45. The van der Waals surface area contributed by atoms with Crippen LogP contribution >= 0.6 is 11.6 Å². The molecular weight excluding hydrogens is 300 g/mol. The van der Waals surface area contributed by atoms with Gasteiger partial charge >= 0.3 is 5.97 Å². The number of nitrogens with zero attached hydrogens (tertiary/aromatic N) is 4. The number of amides is 1. The summed E-state index contributed by atoms with van der Waals surface area (Å²) in [7, 11) is 0. The summed E-state index contributed by atoms with van der Waals surface area (Å²) in [6.45, 7) is 0. The molecule has 1 atom stereocenters. The first-order chi connectivity index (χ1) is 9.97. The van der Waals surface area contributed by atoms with Crippen molar-refractivity contribution in [2.75, 3.05) is 5.32 Å². The van der Waals surface area contributed by atoms with Crippen molar-refractivity contribution in [2.45, 2.75) is 12.5 Å². The van der Waals surface area contributed by atoms with Crippen LogP contribution in [-0.2, 0) is 9.59 Å². The van der Waals surface area contributed by atoms with Crippen LogP contribution < -0.4 is 11.1 Å². The maximum atomic E-state index is 11.8. The van der Waals surface area contributed by atoms with E-state index >= 15 is 0 Å². The molecule has 1 unspecified atom stereocenters. The van der Waals surface area contributed by atoms with Crippen LogP contribution in [0.25, 0.3) is 5.69 Å². The van der Waals surface area contributed by atoms with E-state index in [1.54, 1.807) is 18.2 Å². The van der Waals surface area contributed by atoms with Gasteiger partial charge in [0, 0.05) is 0 Å². The fourth-order valence-electron chi connectivity index (χ4n) is 1.54. The Morgan fingerprint density at radius 3 is 2.86 bits per heavy atom. The van der Waals surface area contributed by atoms with Gasteiger partial charge in [0.2, 0.25) is 5.91 Å². The van der Waals surface area contributed by atoms with Crippen molar-refractivity contribution >= 4 is 29.2 Å². The molecule has 0 fully saturated rings. The van der Waals surface area contributed by atoms with Crippen molar-refractivity contribution in [2.24, 2.45) is 5.73 Å². The minimum absolute atomic E-state index is 0.280. The molecule has 0 saturated carbocycles. The molecule has 21 heavy (non-hydrogen) atoms. The summed E-state index contributed by atoms with van der Waals surface area (Å²) in [5.41, 5.74) is 6.34. The third-order valence-electron chi connectivity index (χ3n) is 2.55. The number of hydrogen-bond acceptors (Lipinski definition) is 6. The van der Waals surface area contributed by atoms with Crippen molar-refractivity contribution in [3.05, 3.63) is 29.5 Å². The average molecular weight is 311 g/mol. The number of carboxylic acids is 1. The summed E-state index contributed by atoms with van der Waals surface area (Å²) in [4.78, 5) is 22.3. The average Bonchev–Trinajstić information content (AvgIpc) is 2.94. The smallest absolute Gasteiger partial charge is 0.305 e. The largest absolute Gasteiger partial charge is 0.481 e. The first kappa shape index (κ1) is 14.9. The Labute approximate surface area is 123 Å². The predicted molar refractivity (Wildman–Crippen MR) is 73.0 cm³/mol. The molecule has 1 aromatic heterocycles. The number of rotatable bonds is 5. The molecule has 0 aliphatic carbocycles. The number of nitrogens with one attached hydrogen (secondary N) is 1. The third kappa shape index (κ3) is 3.74. The highest BCUT2D eigenvalue weighted by Crippen LogP contribution is 2.24. The maximum absolute atomic E-state index is 11.8. The Bertz CT molecular complexity index is 660. The number of nitrogens with two attached hydrogens (primary N) is 1. The van der Waals surface area contributed by atoms with E-state index in [-0.39, 0.29) is 10.7 Å². The highest BCUT2D eigenvalue weighted by molar-refractivity contribution is 6.33. The van der Waals surface area contributed by atoms with Gasteiger partial charge in [0.05, 0.1) is 28.9 Å². The summed E-state index contributed by atoms with van der Waals surface area (Å²) in [5.74, 6) is -1.81. The lowest BCUT2D eigenvalue weighted by atomic mass is 10.2. The molecule has 0 aliphatic heterocycles. The Hall–Kier alpha value is -2.52. The Morgan fingerprint density at radius 2 is 2.24 bits per heavy atom. The molecule has 4 N–H and O–H groups in total. The molecule has 0 bridgehead atoms. The zero-order chi connectivity index (χ0) is 15.4. The molecule has 0 saturated heterocycles. The summed E-state index contributed by atoms with van der Waals surface area (Å²) in [6, 6.07) is 3.59. The van der Waals surface area contributed by atoms with Crippen LogP contribution in [0.4, 0.5) is 5.69 Å². The zero-order valence-electron chi connectivity index (χ0n) is 10.6. The number of halogens is 1. The monoisotopic (exact) mass is 310 g/mol. The molecule has 0 aliphatic rings. The van der Waals surface area contributed by atoms with Crippen LogP contribution in [0.3, 0.4) is 0 Å². The summed E-state index contributed by atoms with van der Waals surface area (Å²) in [5, 5.41) is 22.1. The van der Waals surface area contributed by atoms with E-state index in [4.69, 9.17) is 22.4 Å². The molecule has 2 aromatic rings. The normalized spacial score (nSPS) is 11.9. The number of anilines is 1. The van der Waals surface area contributed by atoms with E-state index < -0.39 is 24.3 Å². The molecule has 2 rings (SSSR count). The van der Waals surface area contributed by atoms with Crippen LogP contribution in [0.2, 0.25) is 5.02 Å². The molecule has 10 heteroatoms. The highest BCUT2D eigenvalue weighted by atomic mass is 35.5. The van der Waals surface area contributed by atoms with Crippen molar-refractivity contribution < 1.29 is 14.7 Å². The van der Waals surface area contributed by atoms with E-state index in [1.807, 2.05) is 0 Å². The van der Waals surface area contributed by atoms with Gasteiger partial charge in [-0.05, 0) is 28.6 Å². The van der Waals surface area contributed by atoms with Gasteiger partial charge in [0.25, 0.3) is 0 Å². The fourth-order valence-corrected chi connectivity index (χ4v) is 1.70. The molecule has 0 radical (unpaired) electrons. The lowest BCUT2D eigenvalue weighted by molar-refractivity contribution is -0.138. The van der Waals surface area contributed by atoms with Crippen LogP contribution in [0.1, 0.15) is 6.42 Å². The fraction of sp³-hybridized carbons (Fsp3) is 0.182. The number of aliphatic carboxylic acids is 1. The SMILES string of the molecule is NC(CC(=O)O)C(=O)Nc1cc(-n2cnnn2)ccc1Cl. The summed E-state index contributed by atoms with van der Waals surface area (Å²) >= 11 is 5.98. The molecule has 1 heterocycles. The van der Waals surface area contributed by atoms with Crippen molar-refractivity contribution in [1.29, 1.82) is 0 Å². The molecule has 0 spiro atoms. The maximum Gasteiger partial charge on any atom is 0.305 e. The molecule has 1 aromatic carbocycles. The minimum atomic E-state index is -1.17. The van der Waals surface area contributed by atoms with Crippen molar-refractivity contribution in [3.8, 4) is 5.69 Å². The van der Waals surface area contributed by atoms with Crippen LogP contribution in [0, 0.1) is 0 Å². The topological polar surface area (TPSA) is 136 Å². The highest BCUT2D eigenvalue weighted by Gasteiger charge is 2.18. The number of carbonyl (C=O) groups excluding carboxylic acids is 1. The lowest BCUT2D eigenvalue weighted by Gasteiger charge is -2.12. The second-order valence-electron chi connectivity index (χ2n) is 4.11. The third-order valence-corrected chi connectivity index (χ3v) is 2.88. The zero-order valence-corrected chi connectivity index (χ0v) is 11.4. The Morgan fingerprint density at radius 1 is 1.48 bits per heavy atom. The van der Waals surface area contributed by atoms with Gasteiger partial charge in [-0.15, -0.1) is 5.10 Å². The summed E-state index contributed by atoms with van der Waals surface area (Å²) in [6.07, 6.45) is 0.904. The lowest BCUT2D eigenvalue weighted by Crippen LogP contribution is -2.37. The van der Waals surface area contributed by atoms with E-state index in [2.05, 4.69) is 20.8 Å².